The Hall–Kier alpha value is -2.60. The molecule has 1 aromatic heterocycles. The molecule has 0 aliphatic rings. The van der Waals surface area contributed by atoms with Crippen LogP contribution in [0.15, 0.2) is 48.7 Å². The van der Waals surface area contributed by atoms with Crippen LogP contribution in [0.1, 0.15) is 11.3 Å². The van der Waals surface area contributed by atoms with Gasteiger partial charge in [0.15, 0.2) is 0 Å². The molecule has 0 bridgehead atoms. The molecular formula is C18H20ClN3O3. The summed E-state index contributed by atoms with van der Waals surface area (Å²) in [6.07, 6.45) is 1.74. The van der Waals surface area contributed by atoms with Gasteiger partial charge >= 0.3 is 12.0 Å². The molecule has 0 radical (unpaired) electrons. The normalized spacial score (nSPS) is 10.2. The van der Waals surface area contributed by atoms with Gasteiger partial charge in [0, 0.05) is 24.8 Å². The van der Waals surface area contributed by atoms with Gasteiger partial charge in [-0.25, -0.2) is 4.79 Å². The highest BCUT2D eigenvalue weighted by atomic mass is 35.5. The Kier molecular flexibility index (Phi) is 7.22. The molecule has 1 aromatic carbocycles. The Bertz CT molecular complexity index is 710. The van der Waals surface area contributed by atoms with Gasteiger partial charge in [0.25, 0.3) is 0 Å². The van der Waals surface area contributed by atoms with Gasteiger partial charge < -0.3 is 15.0 Å². The van der Waals surface area contributed by atoms with Gasteiger partial charge in [-0.15, -0.1) is 0 Å². The van der Waals surface area contributed by atoms with E-state index in [1.165, 1.54) is 4.90 Å². The fourth-order valence-electron chi connectivity index (χ4n) is 2.05. The number of nitrogens with zero attached hydrogens (tertiary/aromatic N) is 2. The molecule has 1 heterocycles. The fraction of sp³-hybridized carbons (Fsp3) is 0.278. The van der Waals surface area contributed by atoms with Crippen molar-refractivity contribution >= 4 is 23.6 Å². The molecule has 1 N–H and O–H groups in total. The maximum Gasteiger partial charge on any atom is 0.317 e. The Morgan fingerprint density at radius 1 is 1.20 bits per heavy atom. The molecule has 2 rings (SSSR count). The van der Waals surface area contributed by atoms with Gasteiger partial charge in [-0.05, 0) is 23.8 Å². The molecule has 2 aromatic rings. The van der Waals surface area contributed by atoms with E-state index in [0.29, 0.717) is 23.8 Å². The largest absolute Gasteiger partial charge is 0.464 e. The fourth-order valence-corrected chi connectivity index (χ4v) is 2.25. The van der Waals surface area contributed by atoms with Crippen LogP contribution in [0, 0.1) is 0 Å². The summed E-state index contributed by atoms with van der Waals surface area (Å²) < 4.78 is 5.13. The van der Waals surface area contributed by atoms with E-state index >= 15 is 0 Å². The Morgan fingerprint density at radius 3 is 2.68 bits per heavy atom. The Labute approximate surface area is 151 Å². The number of urea groups is 1. The minimum Gasteiger partial charge on any atom is -0.464 e. The summed E-state index contributed by atoms with van der Waals surface area (Å²) in [5, 5.41) is 3.38. The maximum absolute atomic E-state index is 12.0. The van der Waals surface area contributed by atoms with Crippen LogP contribution in [-0.2, 0) is 22.5 Å². The highest BCUT2D eigenvalue weighted by Gasteiger charge is 2.11. The zero-order valence-corrected chi connectivity index (χ0v) is 14.7. The molecular weight excluding hydrogens is 342 g/mol. The van der Waals surface area contributed by atoms with E-state index in [9.17, 15) is 9.59 Å². The molecule has 0 saturated carbocycles. The molecule has 7 heteroatoms. The van der Waals surface area contributed by atoms with E-state index < -0.39 is 0 Å². The first-order valence-corrected chi connectivity index (χ1v) is 8.22. The van der Waals surface area contributed by atoms with Crippen molar-refractivity contribution in [2.24, 2.45) is 0 Å². The van der Waals surface area contributed by atoms with E-state index in [1.807, 2.05) is 24.3 Å². The summed E-state index contributed by atoms with van der Waals surface area (Å²) in [5.74, 6) is -0.372. The molecule has 2 amide bonds. The van der Waals surface area contributed by atoms with E-state index in [2.05, 4.69) is 10.3 Å². The van der Waals surface area contributed by atoms with E-state index in [1.54, 1.807) is 31.4 Å². The average molecular weight is 362 g/mol. The third-order valence-corrected chi connectivity index (χ3v) is 3.84. The molecule has 0 aliphatic heterocycles. The van der Waals surface area contributed by atoms with E-state index in [-0.39, 0.29) is 25.0 Å². The maximum atomic E-state index is 12.0. The van der Waals surface area contributed by atoms with Crippen LogP contribution in [0.5, 0.6) is 0 Å². The van der Waals surface area contributed by atoms with Crippen molar-refractivity contribution in [1.29, 1.82) is 0 Å². The summed E-state index contributed by atoms with van der Waals surface area (Å²) in [7, 11) is 1.63. The van der Waals surface area contributed by atoms with Crippen LogP contribution >= 0.6 is 11.6 Å². The highest BCUT2D eigenvalue weighted by molar-refractivity contribution is 6.31. The summed E-state index contributed by atoms with van der Waals surface area (Å²) in [6.45, 7) is 0.756. The lowest BCUT2D eigenvalue weighted by Crippen LogP contribution is -2.39. The number of rotatable bonds is 7. The standard InChI is InChI=1S/C18H20ClN3O3/c1-22(18(24)21-13-14-6-2-3-8-16(14)19)10-11-25-17(23)12-15-7-4-5-9-20-15/h2-9H,10-13H2,1H3,(H,21,24). The van der Waals surface area contributed by atoms with Crippen LogP contribution < -0.4 is 5.32 Å². The highest BCUT2D eigenvalue weighted by Crippen LogP contribution is 2.14. The number of esters is 1. The monoisotopic (exact) mass is 361 g/mol. The number of halogens is 1. The van der Waals surface area contributed by atoms with Gasteiger partial charge in [-0.3, -0.25) is 9.78 Å². The predicted molar refractivity (Wildman–Crippen MR) is 95.2 cm³/mol. The zero-order chi connectivity index (χ0) is 18.1. The predicted octanol–water partition coefficient (Wildman–Crippen LogP) is 2.66. The third-order valence-electron chi connectivity index (χ3n) is 3.48. The molecule has 0 atom stereocenters. The van der Waals surface area contributed by atoms with Crippen LogP contribution in [0.2, 0.25) is 5.02 Å². The quantitative estimate of drug-likeness (QED) is 0.769. The van der Waals surface area contributed by atoms with E-state index in [4.69, 9.17) is 16.3 Å². The van der Waals surface area contributed by atoms with Gasteiger partial charge in [0.05, 0.1) is 18.7 Å². The summed E-state index contributed by atoms with van der Waals surface area (Å²) >= 11 is 6.04. The minimum atomic E-state index is -0.372. The second kappa shape index (κ2) is 9.64. The minimum absolute atomic E-state index is 0.114. The molecule has 132 valence electrons. The molecule has 0 spiro atoms. The number of aromatic nitrogens is 1. The van der Waals surface area contributed by atoms with Crippen molar-refractivity contribution in [3.63, 3.8) is 0 Å². The van der Waals surface area contributed by atoms with Crippen molar-refractivity contribution in [2.75, 3.05) is 20.2 Å². The third kappa shape index (κ3) is 6.43. The number of hydrogen-bond acceptors (Lipinski definition) is 4. The lowest BCUT2D eigenvalue weighted by Gasteiger charge is -2.18. The summed E-state index contributed by atoms with van der Waals surface area (Å²) in [5.41, 5.74) is 1.49. The van der Waals surface area contributed by atoms with Crippen molar-refractivity contribution in [3.05, 3.63) is 64.9 Å². The van der Waals surface area contributed by atoms with Crippen molar-refractivity contribution in [2.45, 2.75) is 13.0 Å². The average Bonchev–Trinajstić information content (AvgIpc) is 2.61. The Morgan fingerprint density at radius 2 is 1.96 bits per heavy atom. The van der Waals surface area contributed by atoms with Gasteiger partial charge in [0.1, 0.15) is 6.61 Å². The smallest absolute Gasteiger partial charge is 0.317 e. The number of amides is 2. The number of likely N-dealkylation sites (N-methyl/N-ethyl adjacent to an activating group) is 1. The SMILES string of the molecule is CN(CCOC(=O)Cc1ccccn1)C(=O)NCc1ccccc1Cl. The number of hydrogen-bond donors (Lipinski definition) is 1. The summed E-state index contributed by atoms with van der Waals surface area (Å²) in [6, 6.07) is 12.4. The lowest BCUT2D eigenvalue weighted by atomic mass is 10.2. The van der Waals surface area contributed by atoms with Crippen LogP contribution in [0.3, 0.4) is 0 Å². The zero-order valence-electron chi connectivity index (χ0n) is 13.9. The summed E-state index contributed by atoms with van der Waals surface area (Å²) in [4.78, 5) is 29.2. The molecule has 25 heavy (non-hydrogen) atoms. The second-order valence-corrected chi connectivity index (χ2v) is 5.80. The van der Waals surface area contributed by atoms with Gasteiger partial charge in [0.2, 0.25) is 0 Å². The number of pyridine rings is 1. The van der Waals surface area contributed by atoms with Crippen LogP contribution in [-0.4, -0.2) is 42.1 Å². The first-order valence-electron chi connectivity index (χ1n) is 7.84. The topological polar surface area (TPSA) is 71.5 Å². The molecule has 0 unspecified atom stereocenters. The van der Waals surface area contributed by atoms with E-state index in [0.717, 1.165) is 5.56 Å². The van der Waals surface area contributed by atoms with Crippen molar-refractivity contribution in [3.8, 4) is 0 Å². The number of nitrogens with one attached hydrogen (secondary N) is 1. The van der Waals surface area contributed by atoms with Crippen LogP contribution in [0.4, 0.5) is 4.79 Å². The number of carbonyl (C=O) groups is 2. The first-order chi connectivity index (χ1) is 12.1. The lowest BCUT2D eigenvalue weighted by molar-refractivity contribution is -0.143. The molecule has 6 nitrogen and oxygen atoms in total. The Balaban J connectivity index is 1.67. The number of carbonyl (C=O) groups excluding carboxylic acids is 2. The van der Waals surface area contributed by atoms with Gasteiger partial charge in [-0.1, -0.05) is 35.9 Å². The molecule has 0 saturated heterocycles. The molecule has 0 fully saturated rings. The number of ether oxygens (including phenoxy) is 1. The first kappa shape index (κ1) is 18.7. The van der Waals surface area contributed by atoms with Crippen molar-refractivity contribution < 1.29 is 14.3 Å². The second-order valence-electron chi connectivity index (χ2n) is 5.39. The van der Waals surface area contributed by atoms with Crippen LogP contribution in [0.25, 0.3) is 0 Å². The van der Waals surface area contributed by atoms with Gasteiger partial charge in [-0.2, -0.15) is 0 Å². The molecule has 0 aliphatic carbocycles. The number of benzene rings is 1. The van der Waals surface area contributed by atoms with Crippen molar-refractivity contribution in [1.82, 2.24) is 15.2 Å².